The average Bonchev–Trinajstić information content (AvgIpc) is 2.26. The van der Waals surface area contributed by atoms with E-state index in [1.807, 2.05) is 0 Å². The first-order valence-electron chi connectivity index (χ1n) is 5.04. The molecule has 0 spiro atoms. The second kappa shape index (κ2) is 2.98. The monoisotopic (exact) mass is 179 g/mol. The highest BCUT2D eigenvalue weighted by molar-refractivity contribution is 5.85. The lowest BCUT2D eigenvalue weighted by Gasteiger charge is -2.10. The summed E-state index contributed by atoms with van der Waals surface area (Å²) in [6, 6.07) is 14.2. The van der Waals surface area contributed by atoms with Gasteiger partial charge in [-0.25, -0.2) is 0 Å². The van der Waals surface area contributed by atoms with E-state index < -0.39 is 0 Å². The molecule has 0 saturated heterocycles. The average molecular weight is 179 g/mol. The number of hydrogen-bond donors (Lipinski definition) is 0. The molecule has 0 amide bonds. The molecule has 0 aromatic heterocycles. The van der Waals surface area contributed by atoms with Crippen LogP contribution in [0.2, 0.25) is 0 Å². The van der Waals surface area contributed by atoms with Crippen LogP contribution in [0.4, 0.5) is 0 Å². The summed E-state index contributed by atoms with van der Waals surface area (Å²) >= 11 is 0. The highest BCUT2D eigenvalue weighted by Crippen LogP contribution is 2.24. The molecule has 0 bridgehead atoms. The van der Waals surface area contributed by atoms with E-state index >= 15 is 0 Å². The van der Waals surface area contributed by atoms with Crippen molar-refractivity contribution in [3.63, 3.8) is 0 Å². The van der Waals surface area contributed by atoms with Crippen LogP contribution in [0.3, 0.4) is 0 Å². The predicted octanol–water partition coefficient (Wildman–Crippen LogP) is 3.60. The van der Waals surface area contributed by atoms with Crippen molar-refractivity contribution in [1.82, 2.24) is 0 Å². The van der Waals surface area contributed by atoms with Crippen LogP contribution < -0.4 is 0 Å². The zero-order valence-corrected chi connectivity index (χ0v) is 7.96. The number of hydrogen-bond acceptors (Lipinski definition) is 0. The van der Waals surface area contributed by atoms with Crippen molar-refractivity contribution in [2.24, 2.45) is 0 Å². The van der Waals surface area contributed by atoms with Gasteiger partial charge in [0.25, 0.3) is 0 Å². The topological polar surface area (TPSA) is 0 Å². The Morgan fingerprint density at radius 3 is 3.07 bits per heavy atom. The summed E-state index contributed by atoms with van der Waals surface area (Å²) in [4.78, 5) is 0. The molecule has 2 aromatic carbocycles. The molecule has 0 N–H and O–H groups in total. The molecule has 0 nitrogen and oxygen atoms in total. The first-order chi connectivity index (χ1) is 6.93. The van der Waals surface area contributed by atoms with Gasteiger partial charge in [-0.15, -0.1) is 0 Å². The van der Waals surface area contributed by atoms with E-state index in [4.69, 9.17) is 0 Å². The smallest absolute Gasteiger partial charge is 0.00178 e. The van der Waals surface area contributed by atoms with Crippen molar-refractivity contribution in [2.75, 3.05) is 0 Å². The van der Waals surface area contributed by atoms with Crippen molar-refractivity contribution < 1.29 is 0 Å². The van der Waals surface area contributed by atoms with Crippen molar-refractivity contribution >= 4 is 16.8 Å². The fraction of sp³-hybridized carbons (Fsp3) is 0.143. The van der Waals surface area contributed by atoms with E-state index in [2.05, 4.69) is 48.6 Å². The van der Waals surface area contributed by atoms with Gasteiger partial charge in [-0.3, -0.25) is 0 Å². The third-order valence-electron chi connectivity index (χ3n) is 2.77. The lowest BCUT2D eigenvalue weighted by atomic mass is 9.94. The Morgan fingerprint density at radius 2 is 2.07 bits per heavy atom. The molecule has 3 rings (SSSR count). The molecule has 1 radical (unpaired) electrons. The summed E-state index contributed by atoms with van der Waals surface area (Å²) in [5.74, 6) is 0. The van der Waals surface area contributed by atoms with Crippen LogP contribution in [0.1, 0.15) is 17.5 Å². The van der Waals surface area contributed by atoms with Gasteiger partial charge >= 0.3 is 0 Å². The maximum absolute atomic E-state index is 3.46. The fourth-order valence-electron chi connectivity index (χ4n) is 2.02. The first kappa shape index (κ1) is 7.81. The fourth-order valence-corrected chi connectivity index (χ4v) is 2.02. The van der Waals surface area contributed by atoms with Gasteiger partial charge in [-0.05, 0) is 40.8 Å². The molecular formula is C14H11. The van der Waals surface area contributed by atoms with Gasteiger partial charge in [0, 0.05) is 0 Å². The van der Waals surface area contributed by atoms with Gasteiger partial charge < -0.3 is 0 Å². The molecule has 2 aromatic rings. The Kier molecular flexibility index (Phi) is 1.66. The number of aryl methyl sites for hydroxylation is 1. The molecule has 0 fully saturated rings. The predicted molar refractivity (Wildman–Crippen MR) is 60.1 cm³/mol. The first-order valence-corrected chi connectivity index (χ1v) is 5.04. The SMILES string of the molecule is [c]1c2c(cc3ccccc13)CCC=C2. The number of benzene rings is 2. The van der Waals surface area contributed by atoms with E-state index in [-0.39, 0.29) is 0 Å². The van der Waals surface area contributed by atoms with Crippen molar-refractivity contribution in [3.8, 4) is 0 Å². The zero-order chi connectivity index (χ0) is 9.38. The molecular weight excluding hydrogens is 168 g/mol. The normalized spacial score (nSPS) is 14.3. The molecule has 0 aliphatic heterocycles. The Balaban J connectivity index is 2.34. The second-order valence-corrected chi connectivity index (χ2v) is 3.74. The molecule has 0 saturated carbocycles. The van der Waals surface area contributed by atoms with Crippen LogP contribution in [0.15, 0.2) is 36.4 Å². The largest absolute Gasteiger partial charge is 0.0836 e. The van der Waals surface area contributed by atoms with E-state index in [0.29, 0.717) is 0 Å². The van der Waals surface area contributed by atoms with Crippen LogP contribution in [-0.4, -0.2) is 0 Å². The Hall–Kier alpha value is -1.56. The van der Waals surface area contributed by atoms with Crippen LogP contribution >= 0.6 is 0 Å². The summed E-state index contributed by atoms with van der Waals surface area (Å²) in [5, 5.41) is 2.53. The van der Waals surface area contributed by atoms with E-state index in [1.54, 1.807) is 0 Å². The molecule has 0 atom stereocenters. The minimum absolute atomic E-state index is 1.16. The minimum Gasteiger partial charge on any atom is -0.0836 e. The zero-order valence-electron chi connectivity index (χ0n) is 7.96. The van der Waals surface area contributed by atoms with Gasteiger partial charge in [0.2, 0.25) is 0 Å². The van der Waals surface area contributed by atoms with Gasteiger partial charge in [0.15, 0.2) is 0 Å². The maximum atomic E-state index is 3.46. The molecule has 1 aliphatic carbocycles. The Labute approximate surface area is 83.9 Å². The highest BCUT2D eigenvalue weighted by Gasteiger charge is 2.05. The Bertz CT molecular complexity index is 506. The van der Waals surface area contributed by atoms with Gasteiger partial charge in [-0.1, -0.05) is 42.5 Å². The number of rotatable bonds is 0. The molecule has 0 unspecified atom stereocenters. The summed E-state index contributed by atoms with van der Waals surface area (Å²) in [7, 11) is 0. The Morgan fingerprint density at radius 1 is 1.14 bits per heavy atom. The molecule has 14 heavy (non-hydrogen) atoms. The van der Waals surface area contributed by atoms with Crippen LogP contribution in [0.25, 0.3) is 16.8 Å². The lowest BCUT2D eigenvalue weighted by molar-refractivity contribution is 0.988. The lowest BCUT2D eigenvalue weighted by Crippen LogP contribution is -1.93. The van der Waals surface area contributed by atoms with Crippen molar-refractivity contribution in [2.45, 2.75) is 12.8 Å². The molecule has 67 valence electrons. The van der Waals surface area contributed by atoms with E-state index in [9.17, 15) is 0 Å². The maximum Gasteiger partial charge on any atom is -0.00178 e. The molecule has 0 heteroatoms. The second-order valence-electron chi connectivity index (χ2n) is 3.74. The minimum atomic E-state index is 1.16. The van der Waals surface area contributed by atoms with Crippen LogP contribution in [0.5, 0.6) is 0 Å². The summed E-state index contributed by atoms with van der Waals surface area (Å²) < 4.78 is 0. The quantitative estimate of drug-likeness (QED) is 0.579. The summed E-state index contributed by atoms with van der Waals surface area (Å²) in [6.07, 6.45) is 6.74. The third-order valence-corrected chi connectivity index (χ3v) is 2.77. The highest BCUT2D eigenvalue weighted by atomic mass is 14.1. The summed E-state index contributed by atoms with van der Waals surface area (Å²) in [6.45, 7) is 0. The third kappa shape index (κ3) is 1.15. The van der Waals surface area contributed by atoms with Crippen LogP contribution in [-0.2, 0) is 6.42 Å². The standard InChI is InChI=1S/C14H11/c1-2-6-12-10-14-8-4-3-7-13(14)9-11(12)5-1/h1-3,5-7,10H,4,8H2. The van der Waals surface area contributed by atoms with Gasteiger partial charge in [0.05, 0.1) is 0 Å². The number of fused-ring (bicyclic) bond motifs is 2. The van der Waals surface area contributed by atoms with E-state index in [0.717, 1.165) is 6.42 Å². The van der Waals surface area contributed by atoms with Gasteiger partial charge in [0.1, 0.15) is 0 Å². The van der Waals surface area contributed by atoms with Crippen LogP contribution in [0, 0.1) is 6.07 Å². The molecule has 0 heterocycles. The summed E-state index contributed by atoms with van der Waals surface area (Å²) in [5.41, 5.74) is 2.71. The van der Waals surface area contributed by atoms with Crippen molar-refractivity contribution in [3.05, 3.63) is 53.6 Å². The van der Waals surface area contributed by atoms with E-state index in [1.165, 1.54) is 28.3 Å². The molecule has 1 aliphatic rings. The van der Waals surface area contributed by atoms with Crippen molar-refractivity contribution in [1.29, 1.82) is 0 Å². The number of allylic oxidation sites excluding steroid dienone is 1. The van der Waals surface area contributed by atoms with Gasteiger partial charge in [-0.2, -0.15) is 0 Å².